The predicted octanol–water partition coefficient (Wildman–Crippen LogP) is 5.88. The maximum absolute atomic E-state index is 13.7. The molecule has 0 spiro atoms. The molecular weight excluding hydrogens is 428 g/mol. The highest BCUT2D eigenvalue weighted by atomic mass is 19.4. The number of alkyl halides is 3. The van der Waals surface area contributed by atoms with E-state index in [9.17, 15) is 27.2 Å². The molecule has 0 radical (unpaired) electrons. The van der Waals surface area contributed by atoms with Gasteiger partial charge in [0.1, 0.15) is 17.1 Å². The van der Waals surface area contributed by atoms with Gasteiger partial charge in [0.2, 0.25) is 11.2 Å². The van der Waals surface area contributed by atoms with Crippen LogP contribution < -0.4 is 10.2 Å². The molecule has 0 aliphatic carbocycles. The van der Waals surface area contributed by atoms with Gasteiger partial charge in [-0.1, -0.05) is 30.3 Å². The summed E-state index contributed by atoms with van der Waals surface area (Å²) in [6.45, 7) is -0.435. The van der Waals surface area contributed by atoms with Gasteiger partial charge in [-0.25, -0.2) is 4.39 Å². The van der Waals surface area contributed by atoms with E-state index >= 15 is 0 Å². The van der Waals surface area contributed by atoms with Gasteiger partial charge in [0.25, 0.3) is 0 Å². The van der Waals surface area contributed by atoms with E-state index in [-0.39, 0.29) is 27.8 Å². The minimum atomic E-state index is -4.91. The number of carbonyl (C=O) groups excluding carboxylic acids is 1. The van der Waals surface area contributed by atoms with Gasteiger partial charge in [0, 0.05) is 11.6 Å². The summed E-state index contributed by atoms with van der Waals surface area (Å²) < 4.78 is 64.5. The summed E-state index contributed by atoms with van der Waals surface area (Å²) in [5.41, 5.74) is -1.44. The normalized spacial score (nSPS) is 11.5. The maximum Gasteiger partial charge on any atom is 0.450 e. The second-order valence-corrected chi connectivity index (χ2v) is 6.88. The van der Waals surface area contributed by atoms with Gasteiger partial charge in [-0.3, -0.25) is 9.59 Å². The standard InChI is InChI=1S/C24H14F4O4/c25-16-8-6-14(7-9-16)19(29)13-31-17-10-11-18-20(12-17)32-23(24(26,27)28)21(22(18)30)15-4-2-1-3-5-15/h1-12H,13H2. The predicted molar refractivity (Wildman–Crippen MR) is 109 cm³/mol. The average Bonchev–Trinajstić information content (AvgIpc) is 2.77. The van der Waals surface area contributed by atoms with Crippen LogP contribution in [0.5, 0.6) is 5.75 Å². The lowest BCUT2D eigenvalue weighted by molar-refractivity contribution is -0.152. The van der Waals surface area contributed by atoms with Crippen molar-refractivity contribution < 1.29 is 31.5 Å². The molecule has 1 aromatic heterocycles. The summed E-state index contributed by atoms with van der Waals surface area (Å²) in [7, 11) is 0. The Balaban J connectivity index is 1.70. The van der Waals surface area contributed by atoms with Crippen LogP contribution in [0, 0.1) is 5.82 Å². The van der Waals surface area contributed by atoms with Crippen LogP contribution in [0.3, 0.4) is 0 Å². The lowest BCUT2D eigenvalue weighted by atomic mass is 10.0. The second kappa shape index (κ2) is 8.30. The van der Waals surface area contributed by atoms with Crippen molar-refractivity contribution in [2.75, 3.05) is 6.61 Å². The summed E-state index contributed by atoms with van der Waals surface area (Å²) in [5, 5.41) is -0.0611. The zero-order valence-electron chi connectivity index (χ0n) is 16.3. The number of hydrogen-bond donors (Lipinski definition) is 0. The van der Waals surface area contributed by atoms with Crippen molar-refractivity contribution in [3.05, 3.63) is 100 Å². The quantitative estimate of drug-likeness (QED) is 0.286. The highest BCUT2D eigenvalue weighted by Gasteiger charge is 2.39. The van der Waals surface area contributed by atoms with Gasteiger partial charge in [-0.2, -0.15) is 13.2 Å². The van der Waals surface area contributed by atoms with E-state index in [2.05, 4.69) is 0 Å². The first-order chi connectivity index (χ1) is 15.2. The van der Waals surface area contributed by atoms with E-state index in [1.165, 1.54) is 48.5 Å². The molecule has 0 aliphatic heterocycles. The highest BCUT2D eigenvalue weighted by molar-refractivity contribution is 5.97. The fourth-order valence-electron chi connectivity index (χ4n) is 3.20. The number of halogens is 4. The van der Waals surface area contributed by atoms with Crippen molar-refractivity contribution in [1.82, 2.24) is 0 Å². The van der Waals surface area contributed by atoms with Gasteiger partial charge in [0.05, 0.1) is 10.9 Å². The Morgan fingerprint density at radius 1 is 0.938 bits per heavy atom. The van der Waals surface area contributed by atoms with E-state index < -0.39 is 41.1 Å². The van der Waals surface area contributed by atoms with E-state index in [1.807, 2.05) is 0 Å². The first-order valence-corrected chi connectivity index (χ1v) is 9.39. The van der Waals surface area contributed by atoms with Gasteiger partial charge in [-0.15, -0.1) is 0 Å². The highest BCUT2D eigenvalue weighted by Crippen LogP contribution is 2.37. The van der Waals surface area contributed by atoms with E-state index in [0.29, 0.717) is 0 Å². The Hall–Kier alpha value is -3.94. The third kappa shape index (κ3) is 4.25. The van der Waals surface area contributed by atoms with Crippen LogP contribution >= 0.6 is 0 Å². The van der Waals surface area contributed by atoms with Gasteiger partial charge < -0.3 is 9.15 Å². The molecule has 0 saturated carbocycles. The topological polar surface area (TPSA) is 56.5 Å². The van der Waals surface area contributed by atoms with Crippen LogP contribution in [-0.4, -0.2) is 12.4 Å². The Morgan fingerprint density at radius 2 is 1.62 bits per heavy atom. The number of fused-ring (bicyclic) bond motifs is 1. The number of benzene rings is 3. The monoisotopic (exact) mass is 442 g/mol. The SMILES string of the molecule is O=C(COc1ccc2c(=O)c(-c3ccccc3)c(C(F)(F)F)oc2c1)c1ccc(F)cc1. The molecule has 3 aromatic carbocycles. The molecule has 0 bridgehead atoms. The summed E-state index contributed by atoms with van der Waals surface area (Å²) in [4.78, 5) is 25.1. The minimum Gasteiger partial charge on any atom is -0.485 e. The van der Waals surface area contributed by atoms with Crippen molar-refractivity contribution in [2.24, 2.45) is 0 Å². The molecule has 1 heterocycles. The molecule has 0 aliphatic rings. The number of rotatable bonds is 5. The molecule has 8 heteroatoms. The van der Waals surface area contributed by atoms with Crippen LogP contribution in [0.25, 0.3) is 22.1 Å². The molecule has 0 amide bonds. The Labute approximate surface area is 178 Å². The number of ketones is 1. The largest absolute Gasteiger partial charge is 0.485 e. The zero-order valence-corrected chi connectivity index (χ0v) is 16.3. The molecule has 0 atom stereocenters. The first kappa shape index (κ1) is 21.3. The molecular formula is C24H14F4O4. The van der Waals surface area contributed by atoms with Crippen molar-refractivity contribution >= 4 is 16.8 Å². The fraction of sp³-hybridized carbons (Fsp3) is 0.0833. The van der Waals surface area contributed by atoms with Gasteiger partial charge in [-0.05, 0) is 42.0 Å². The third-order valence-electron chi connectivity index (χ3n) is 4.72. The Morgan fingerprint density at radius 3 is 2.28 bits per heavy atom. The molecule has 32 heavy (non-hydrogen) atoms. The third-order valence-corrected chi connectivity index (χ3v) is 4.72. The number of Topliss-reactive ketones (excluding diaryl/α,β-unsaturated/α-hetero) is 1. The average molecular weight is 442 g/mol. The zero-order chi connectivity index (χ0) is 22.9. The van der Waals surface area contributed by atoms with E-state index in [1.54, 1.807) is 6.07 Å². The molecule has 4 rings (SSSR count). The number of ether oxygens (including phenoxy) is 1. The van der Waals surface area contributed by atoms with Crippen LogP contribution in [-0.2, 0) is 6.18 Å². The smallest absolute Gasteiger partial charge is 0.450 e. The van der Waals surface area contributed by atoms with Crippen LogP contribution in [0.1, 0.15) is 16.1 Å². The first-order valence-electron chi connectivity index (χ1n) is 9.39. The van der Waals surface area contributed by atoms with Crippen LogP contribution in [0.2, 0.25) is 0 Å². The van der Waals surface area contributed by atoms with Crippen LogP contribution in [0.4, 0.5) is 17.6 Å². The molecule has 0 saturated heterocycles. The van der Waals surface area contributed by atoms with Crippen molar-refractivity contribution in [1.29, 1.82) is 0 Å². The summed E-state index contributed by atoms with van der Waals surface area (Å²) in [6.07, 6.45) is -4.91. The number of carbonyl (C=O) groups is 1. The summed E-state index contributed by atoms with van der Waals surface area (Å²) in [6, 6.07) is 16.1. The lowest BCUT2D eigenvalue weighted by Gasteiger charge is -2.13. The van der Waals surface area contributed by atoms with Crippen LogP contribution in [0.15, 0.2) is 82.0 Å². The number of hydrogen-bond acceptors (Lipinski definition) is 4. The Bertz CT molecular complexity index is 1340. The molecule has 4 nitrogen and oxygen atoms in total. The second-order valence-electron chi connectivity index (χ2n) is 6.88. The molecule has 162 valence electrons. The molecule has 4 aromatic rings. The minimum absolute atomic E-state index is 0.0386. The van der Waals surface area contributed by atoms with E-state index in [0.717, 1.165) is 18.2 Å². The molecule has 0 fully saturated rings. The van der Waals surface area contributed by atoms with E-state index in [4.69, 9.17) is 9.15 Å². The molecule has 0 N–H and O–H groups in total. The maximum atomic E-state index is 13.7. The van der Waals surface area contributed by atoms with Crippen molar-refractivity contribution in [3.8, 4) is 16.9 Å². The summed E-state index contributed by atoms with van der Waals surface area (Å²) in [5.74, 6) is -2.33. The Kier molecular flexibility index (Phi) is 5.52. The van der Waals surface area contributed by atoms with Gasteiger partial charge in [0.15, 0.2) is 12.4 Å². The summed E-state index contributed by atoms with van der Waals surface area (Å²) >= 11 is 0. The van der Waals surface area contributed by atoms with Crippen molar-refractivity contribution in [3.63, 3.8) is 0 Å². The molecule has 0 unspecified atom stereocenters. The van der Waals surface area contributed by atoms with Crippen molar-refractivity contribution in [2.45, 2.75) is 6.18 Å². The van der Waals surface area contributed by atoms with Gasteiger partial charge >= 0.3 is 6.18 Å². The fourth-order valence-corrected chi connectivity index (χ4v) is 3.20. The lowest BCUT2D eigenvalue weighted by Crippen LogP contribution is -2.16.